The Kier molecular flexibility index (Phi) is 7.50. The number of anilines is 1. The van der Waals surface area contributed by atoms with Gasteiger partial charge in [0.1, 0.15) is 6.54 Å². The molecule has 1 heterocycles. The zero-order valence-corrected chi connectivity index (χ0v) is 17.7. The van der Waals surface area contributed by atoms with Crippen LogP contribution in [0.4, 0.5) is 5.69 Å². The normalized spacial score (nSPS) is 11.8. The number of unbranched alkanes of at least 4 members (excludes halogenated alkanes) is 1. The number of esters is 1. The summed E-state index contributed by atoms with van der Waals surface area (Å²) in [5, 5.41) is 3.41. The summed E-state index contributed by atoms with van der Waals surface area (Å²) in [5.41, 5.74) is 1.49. The first kappa shape index (κ1) is 22.2. The number of aromatic nitrogens is 2. The molecule has 8 heteroatoms. The van der Waals surface area contributed by atoms with E-state index in [-0.39, 0.29) is 18.0 Å². The highest BCUT2D eigenvalue weighted by molar-refractivity contribution is 5.93. The first-order valence-corrected chi connectivity index (χ1v) is 10.3. The van der Waals surface area contributed by atoms with Gasteiger partial charge in [0, 0.05) is 5.69 Å². The molecule has 1 atom stereocenters. The van der Waals surface area contributed by atoms with Gasteiger partial charge in [0.25, 0.3) is 11.5 Å². The number of carbonyl (C=O) groups is 2. The number of nitrogens with one attached hydrogen (secondary N) is 3. The molecule has 0 radical (unpaired) electrons. The number of amides is 1. The third kappa shape index (κ3) is 5.99. The lowest BCUT2D eigenvalue weighted by atomic mass is 10.2. The van der Waals surface area contributed by atoms with Gasteiger partial charge in [-0.3, -0.25) is 9.59 Å². The summed E-state index contributed by atoms with van der Waals surface area (Å²) in [6.45, 7) is 3.54. The molecule has 31 heavy (non-hydrogen) atoms. The molecule has 3 rings (SSSR count). The highest BCUT2D eigenvalue weighted by Gasteiger charge is 2.17. The Morgan fingerprint density at radius 3 is 2.58 bits per heavy atom. The number of hydrogen-bond acceptors (Lipinski definition) is 5. The number of methoxy groups -OCH3 is 1. The highest BCUT2D eigenvalue weighted by Crippen LogP contribution is 2.10. The van der Waals surface area contributed by atoms with E-state index in [4.69, 9.17) is 0 Å². The third-order valence-electron chi connectivity index (χ3n) is 4.96. The number of nitrogens with zero attached hydrogens (tertiary/aromatic N) is 1. The Morgan fingerprint density at radius 1 is 1.13 bits per heavy atom. The Labute approximate surface area is 180 Å². The number of carbonyl (C=O) groups excluding carboxylic acids is 2. The number of quaternary nitrogens is 1. The zero-order valence-electron chi connectivity index (χ0n) is 17.7. The van der Waals surface area contributed by atoms with Gasteiger partial charge in [-0.05, 0) is 42.8 Å². The number of hydrogen-bond donors (Lipinski definition) is 3. The van der Waals surface area contributed by atoms with Crippen molar-refractivity contribution in [1.82, 2.24) is 9.97 Å². The molecule has 0 saturated carbocycles. The van der Waals surface area contributed by atoms with Crippen molar-refractivity contribution in [3.63, 3.8) is 0 Å². The minimum absolute atomic E-state index is 0.153. The van der Waals surface area contributed by atoms with Gasteiger partial charge in [-0.15, -0.1) is 0 Å². The van der Waals surface area contributed by atoms with Gasteiger partial charge in [0.05, 0.1) is 30.1 Å². The van der Waals surface area contributed by atoms with Crippen LogP contribution in [0.15, 0.2) is 53.3 Å². The van der Waals surface area contributed by atoms with Crippen LogP contribution >= 0.6 is 0 Å². The quantitative estimate of drug-likeness (QED) is 0.453. The maximum absolute atomic E-state index is 12.6. The molecule has 1 aromatic heterocycles. The van der Waals surface area contributed by atoms with Crippen molar-refractivity contribution in [2.75, 3.05) is 25.5 Å². The van der Waals surface area contributed by atoms with E-state index in [1.54, 1.807) is 36.4 Å². The second-order valence-electron chi connectivity index (χ2n) is 7.35. The third-order valence-corrected chi connectivity index (χ3v) is 4.96. The molecule has 2 aromatic carbocycles. The van der Waals surface area contributed by atoms with Gasteiger partial charge in [-0.2, -0.15) is 0 Å². The van der Waals surface area contributed by atoms with Crippen LogP contribution < -0.4 is 15.8 Å². The number of para-hydroxylation sites is 1. The number of ether oxygens (including phenoxy) is 1. The van der Waals surface area contributed by atoms with Crippen molar-refractivity contribution in [2.24, 2.45) is 0 Å². The smallest absolute Gasteiger partial charge is 0.337 e. The number of fused-ring (bicyclic) bond motifs is 1. The van der Waals surface area contributed by atoms with E-state index in [1.807, 2.05) is 12.1 Å². The van der Waals surface area contributed by atoms with E-state index in [1.165, 1.54) is 7.11 Å². The Bertz CT molecular complexity index is 1110. The van der Waals surface area contributed by atoms with Gasteiger partial charge in [-0.1, -0.05) is 25.5 Å². The first-order chi connectivity index (χ1) is 15.0. The second-order valence-corrected chi connectivity index (χ2v) is 7.35. The fraction of sp³-hybridized carbons (Fsp3) is 0.304. The molecule has 0 aliphatic heterocycles. The summed E-state index contributed by atoms with van der Waals surface area (Å²) < 4.78 is 4.68. The summed E-state index contributed by atoms with van der Waals surface area (Å²) in [4.78, 5) is 44.9. The van der Waals surface area contributed by atoms with Crippen molar-refractivity contribution < 1.29 is 19.2 Å². The summed E-state index contributed by atoms with van der Waals surface area (Å²) in [6.07, 6.45) is 1.95. The Balaban J connectivity index is 1.68. The van der Waals surface area contributed by atoms with Crippen LogP contribution in [-0.4, -0.2) is 42.0 Å². The summed E-state index contributed by atoms with van der Waals surface area (Å²) in [6, 6.07) is 13.7. The van der Waals surface area contributed by atoms with Crippen molar-refractivity contribution in [3.8, 4) is 0 Å². The molecule has 3 N–H and O–H groups in total. The minimum atomic E-state index is -0.426. The van der Waals surface area contributed by atoms with Gasteiger partial charge >= 0.3 is 5.97 Å². The van der Waals surface area contributed by atoms with Gasteiger partial charge in [-0.25, -0.2) is 9.78 Å². The number of benzene rings is 2. The first-order valence-electron chi connectivity index (χ1n) is 10.3. The van der Waals surface area contributed by atoms with Gasteiger partial charge < -0.3 is 19.9 Å². The minimum Gasteiger partial charge on any atom is -0.465 e. The molecular weight excluding hydrogens is 396 g/mol. The van der Waals surface area contributed by atoms with Crippen LogP contribution in [0.1, 0.15) is 35.9 Å². The summed E-state index contributed by atoms with van der Waals surface area (Å²) in [5.74, 6) is -0.0185. The van der Waals surface area contributed by atoms with Crippen molar-refractivity contribution in [3.05, 3.63) is 70.3 Å². The van der Waals surface area contributed by atoms with E-state index >= 15 is 0 Å². The number of aromatic amines is 1. The topological polar surface area (TPSA) is 106 Å². The van der Waals surface area contributed by atoms with Crippen LogP contribution in [0.25, 0.3) is 10.9 Å². The van der Waals surface area contributed by atoms with Crippen LogP contribution in [0.2, 0.25) is 0 Å². The average molecular weight is 423 g/mol. The Hall–Kier alpha value is -3.52. The molecule has 1 amide bonds. The van der Waals surface area contributed by atoms with Crippen LogP contribution in [0.5, 0.6) is 0 Å². The molecule has 1 unspecified atom stereocenters. The van der Waals surface area contributed by atoms with E-state index in [0.717, 1.165) is 24.3 Å². The van der Waals surface area contributed by atoms with E-state index < -0.39 is 5.97 Å². The maximum Gasteiger partial charge on any atom is 0.337 e. The van der Waals surface area contributed by atoms with Gasteiger partial charge in [0.15, 0.2) is 12.4 Å². The van der Waals surface area contributed by atoms with E-state index in [9.17, 15) is 14.4 Å². The standard InChI is InChI=1S/C23H26N4O4/c1-3-4-13-27(14-20-25-19-8-6-5-7-18(19)22(29)26-20)15-21(28)24-17-11-9-16(10-12-17)23(30)31-2/h5-12H,3-4,13-15H2,1-2H3,(H,24,28)(H,25,26,29)/p+1. The predicted molar refractivity (Wildman–Crippen MR) is 118 cm³/mol. The van der Waals surface area contributed by atoms with Crippen LogP contribution in [0, 0.1) is 0 Å². The largest absolute Gasteiger partial charge is 0.465 e. The van der Waals surface area contributed by atoms with E-state index in [0.29, 0.717) is 34.5 Å². The lowest BCUT2D eigenvalue weighted by molar-refractivity contribution is -0.906. The molecule has 0 saturated heterocycles. The molecule has 162 valence electrons. The van der Waals surface area contributed by atoms with Crippen LogP contribution in [0.3, 0.4) is 0 Å². The SMILES string of the molecule is CCCC[NH+](CC(=O)Nc1ccc(C(=O)OC)cc1)Cc1nc2ccccc2c(=O)[nH]1. The molecule has 0 aliphatic rings. The molecular formula is C23H27N4O4+. The highest BCUT2D eigenvalue weighted by atomic mass is 16.5. The monoisotopic (exact) mass is 423 g/mol. The molecule has 8 nitrogen and oxygen atoms in total. The maximum atomic E-state index is 12.6. The molecule has 0 aliphatic carbocycles. The summed E-state index contributed by atoms with van der Waals surface area (Å²) in [7, 11) is 1.32. The molecule has 0 bridgehead atoms. The fourth-order valence-electron chi connectivity index (χ4n) is 3.36. The average Bonchev–Trinajstić information content (AvgIpc) is 2.77. The fourth-order valence-corrected chi connectivity index (χ4v) is 3.36. The number of H-pyrrole nitrogens is 1. The molecule has 3 aromatic rings. The molecule has 0 spiro atoms. The van der Waals surface area contributed by atoms with Crippen molar-refractivity contribution in [1.29, 1.82) is 0 Å². The van der Waals surface area contributed by atoms with E-state index in [2.05, 4.69) is 26.9 Å². The molecule has 0 fully saturated rings. The lowest BCUT2D eigenvalue weighted by Gasteiger charge is -2.18. The lowest BCUT2D eigenvalue weighted by Crippen LogP contribution is -3.12. The van der Waals surface area contributed by atoms with Crippen LogP contribution in [-0.2, 0) is 16.1 Å². The second kappa shape index (κ2) is 10.5. The van der Waals surface area contributed by atoms with Gasteiger partial charge in [0.2, 0.25) is 0 Å². The Morgan fingerprint density at radius 2 is 1.87 bits per heavy atom. The zero-order chi connectivity index (χ0) is 22.2. The van der Waals surface area contributed by atoms with Crippen molar-refractivity contribution in [2.45, 2.75) is 26.3 Å². The summed E-state index contributed by atoms with van der Waals surface area (Å²) >= 11 is 0. The van der Waals surface area contributed by atoms with Crippen molar-refractivity contribution >= 4 is 28.5 Å². The number of rotatable bonds is 9. The predicted octanol–water partition coefficient (Wildman–Crippen LogP) is 1.53.